The first-order valence-electron chi connectivity index (χ1n) is 9.25. The molecule has 2 saturated heterocycles. The van der Waals surface area contributed by atoms with Gasteiger partial charge in [-0.15, -0.1) is 0 Å². The van der Waals surface area contributed by atoms with Gasteiger partial charge >= 0.3 is 0 Å². The van der Waals surface area contributed by atoms with E-state index in [-0.39, 0.29) is 0 Å². The fourth-order valence-electron chi connectivity index (χ4n) is 3.51. The van der Waals surface area contributed by atoms with Gasteiger partial charge in [-0.1, -0.05) is 0 Å². The summed E-state index contributed by atoms with van der Waals surface area (Å²) < 4.78 is 10.4. The standard InChI is InChI=1S/C17H28O12/c18-4-10-14(24)16(26)12(22)8(28-10)2-6(20)1-7(21)3-9-13(23)17(27)15(25)11(5-19)29-9/h8-19,22-27H,1-5H2. The van der Waals surface area contributed by atoms with Crippen molar-refractivity contribution in [3.05, 3.63) is 0 Å². The Morgan fingerprint density at radius 2 is 0.862 bits per heavy atom. The van der Waals surface area contributed by atoms with Gasteiger partial charge < -0.3 is 50.3 Å². The molecule has 0 radical (unpaired) electrons. The van der Waals surface area contributed by atoms with Crippen molar-refractivity contribution in [3.63, 3.8) is 0 Å². The second-order valence-electron chi connectivity index (χ2n) is 7.40. The van der Waals surface area contributed by atoms with Crippen molar-refractivity contribution in [1.29, 1.82) is 0 Å². The van der Waals surface area contributed by atoms with Crippen molar-refractivity contribution in [3.8, 4) is 0 Å². The lowest BCUT2D eigenvalue weighted by Gasteiger charge is -2.40. The number of ether oxygens (including phenoxy) is 2. The van der Waals surface area contributed by atoms with E-state index in [9.17, 15) is 40.2 Å². The third-order valence-electron chi connectivity index (χ3n) is 5.23. The topological polar surface area (TPSA) is 214 Å². The Bertz CT molecular complexity index is 519. The molecular weight excluding hydrogens is 396 g/mol. The van der Waals surface area contributed by atoms with E-state index in [2.05, 4.69) is 0 Å². The lowest BCUT2D eigenvalue weighted by molar-refractivity contribution is -0.230. The molecule has 0 aliphatic carbocycles. The molecule has 2 aliphatic heterocycles. The number of aliphatic hydroxyl groups is 8. The van der Waals surface area contributed by atoms with Crippen LogP contribution in [0.25, 0.3) is 0 Å². The maximum absolute atomic E-state index is 12.2. The predicted molar refractivity (Wildman–Crippen MR) is 91.4 cm³/mol. The zero-order valence-electron chi connectivity index (χ0n) is 15.5. The lowest BCUT2D eigenvalue weighted by Crippen LogP contribution is -2.59. The Morgan fingerprint density at radius 1 is 0.552 bits per heavy atom. The molecule has 8 N–H and O–H groups in total. The summed E-state index contributed by atoms with van der Waals surface area (Å²) in [5.41, 5.74) is 0. The van der Waals surface area contributed by atoms with Crippen molar-refractivity contribution in [2.24, 2.45) is 0 Å². The molecule has 0 aromatic heterocycles. The third-order valence-corrected chi connectivity index (χ3v) is 5.23. The van der Waals surface area contributed by atoms with Crippen LogP contribution in [0.15, 0.2) is 0 Å². The quantitative estimate of drug-likeness (QED) is 0.172. The number of carbonyl (C=O) groups is 2. The molecule has 12 nitrogen and oxygen atoms in total. The van der Waals surface area contributed by atoms with Crippen LogP contribution in [-0.4, -0.2) is 127 Å². The average Bonchev–Trinajstić information content (AvgIpc) is 2.68. The summed E-state index contributed by atoms with van der Waals surface area (Å²) in [5, 5.41) is 77.0. The molecule has 0 amide bonds. The van der Waals surface area contributed by atoms with Crippen LogP contribution in [0.1, 0.15) is 19.3 Å². The van der Waals surface area contributed by atoms with Gasteiger partial charge in [0.2, 0.25) is 0 Å². The Morgan fingerprint density at radius 3 is 1.17 bits per heavy atom. The fourth-order valence-corrected chi connectivity index (χ4v) is 3.51. The van der Waals surface area contributed by atoms with Crippen LogP contribution in [0, 0.1) is 0 Å². The highest BCUT2D eigenvalue weighted by atomic mass is 16.6. The van der Waals surface area contributed by atoms with E-state index in [0.29, 0.717) is 0 Å². The van der Waals surface area contributed by atoms with Crippen LogP contribution in [0.5, 0.6) is 0 Å². The number of aliphatic hydroxyl groups excluding tert-OH is 8. The van der Waals surface area contributed by atoms with E-state index >= 15 is 0 Å². The number of carbonyl (C=O) groups excluding carboxylic acids is 2. The Hall–Kier alpha value is -1.06. The highest BCUT2D eigenvalue weighted by Crippen LogP contribution is 2.25. The highest BCUT2D eigenvalue weighted by molar-refractivity contribution is 5.99. The van der Waals surface area contributed by atoms with Gasteiger partial charge in [-0.25, -0.2) is 0 Å². The van der Waals surface area contributed by atoms with Gasteiger partial charge in [0.05, 0.1) is 31.8 Å². The molecule has 0 spiro atoms. The SMILES string of the molecule is O=C(CC(=O)CC1OC(CO)C(O)C(O)C1O)CC1OC(CO)C(O)C(O)C1O. The summed E-state index contributed by atoms with van der Waals surface area (Å²) in [5.74, 6) is -1.33. The van der Waals surface area contributed by atoms with Gasteiger partial charge in [0.15, 0.2) is 0 Å². The molecule has 0 bridgehead atoms. The fraction of sp³-hybridized carbons (Fsp3) is 0.882. The third kappa shape index (κ3) is 5.55. The lowest BCUT2D eigenvalue weighted by atomic mass is 9.90. The molecule has 10 atom stereocenters. The number of ketones is 2. The van der Waals surface area contributed by atoms with Crippen molar-refractivity contribution in [2.75, 3.05) is 13.2 Å². The second-order valence-corrected chi connectivity index (χ2v) is 7.40. The first kappa shape index (κ1) is 24.2. The van der Waals surface area contributed by atoms with Gasteiger partial charge in [0.25, 0.3) is 0 Å². The number of hydrogen-bond donors (Lipinski definition) is 8. The minimum absolute atomic E-state index is 0.470. The molecule has 12 heteroatoms. The van der Waals surface area contributed by atoms with E-state index < -0.39 is 105 Å². The molecule has 10 unspecified atom stereocenters. The Labute approximate surface area is 165 Å². The molecular formula is C17H28O12. The molecule has 0 aromatic carbocycles. The Balaban J connectivity index is 1.89. The molecule has 0 saturated carbocycles. The summed E-state index contributed by atoms with van der Waals surface area (Å²) >= 11 is 0. The van der Waals surface area contributed by atoms with Gasteiger partial charge in [-0.05, 0) is 0 Å². The first-order chi connectivity index (χ1) is 13.6. The monoisotopic (exact) mass is 424 g/mol. The van der Waals surface area contributed by atoms with Gasteiger partial charge in [0.1, 0.15) is 60.4 Å². The maximum atomic E-state index is 12.2. The van der Waals surface area contributed by atoms with E-state index in [1.807, 2.05) is 0 Å². The highest BCUT2D eigenvalue weighted by Gasteiger charge is 2.45. The summed E-state index contributed by atoms with van der Waals surface area (Å²) in [7, 11) is 0. The van der Waals surface area contributed by atoms with Crippen LogP contribution >= 0.6 is 0 Å². The molecule has 168 valence electrons. The molecule has 2 heterocycles. The molecule has 0 aromatic rings. The molecule has 29 heavy (non-hydrogen) atoms. The zero-order valence-corrected chi connectivity index (χ0v) is 15.5. The number of Topliss-reactive ketones (excluding diaryl/α,β-unsaturated/α-hetero) is 2. The van der Waals surface area contributed by atoms with Crippen LogP contribution in [0.3, 0.4) is 0 Å². The van der Waals surface area contributed by atoms with E-state index in [4.69, 9.17) is 19.7 Å². The van der Waals surface area contributed by atoms with E-state index in [1.165, 1.54) is 0 Å². The molecule has 2 rings (SSSR count). The van der Waals surface area contributed by atoms with E-state index in [0.717, 1.165) is 0 Å². The minimum atomic E-state index is -1.64. The van der Waals surface area contributed by atoms with Crippen LogP contribution in [0.2, 0.25) is 0 Å². The van der Waals surface area contributed by atoms with Crippen molar-refractivity contribution < 1.29 is 59.9 Å². The van der Waals surface area contributed by atoms with Crippen molar-refractivity contribution in [1.82, 2.24) is 0 Å². The summed E-state index contributed by atoms with van der Waals surface area (Å²) in [4.78, 5) is 24.3. The molecule has 2 aliphatic rings. The van der Waals surface area contributed by atoms with Crippen molar-refractivity contribution >= 4 is 11.6 Å². The van der Waals surface area contributed by atoms with Gasteiger partial charge in [0, 0.05) is 12.8 Å². The largest absolute Gasteiger partial charge is 0.394 e. The van der Waals surface area contributed by atoms with Crippen LogP contribution in [-0.2, 0) is 19.1 Å². The smallest absolute Gasteiger partial charge is 0.142 e. The summed E-state index contributed by atoms with van der Waals surface area (Å²) in [6.45, 7) is -1.29. The first-order valence-corrected chi connectivity index (χ1v) is 9.25. The minimum Gasteiger partial charge on any atom is -0.394 e. The maximum Gasteiger partial charge on any atom is 0.142 e. The number of hydrogen-bond acceptors (Lipinski definition) is 12. The number of rotatable bonds is 8. The average molecular weight is 424 g/mol. The van der Waals surface area contributed by atoms with Crippen LogP contribution < -0.4 is 0 Å². The normalized spacial score (nSPS) is 43.2. The Kier molecular flexibility index (Phi) is 8.60. The van der Waals surface area contributed by atoms with E-state index in [1.54, 1.807) is 0 Å². The van der Waals surface area contributed by atoms with Crippen LogP contribution in [0.4, 0.5) is 0 Å². The second kappa shape index (κ2) is 10.3. The van der Waals surface area contributed by atoms with Gasteiger partial charge in [-0.3, -0.25) is 9.59 Å². The zero-order chi connectivity index (χ0) is 21.9. The van der Waals surface area contributed by atoms with Gasteiger partial charge in [-0.2, -0.15) is 0 Å². The predicted octanol–water partition coefficient (Wildman–Crippen LogP) is -5.02. The summed E-state index contributed by atoms with van der Waals surface area (Å²) in [6.07, 6.45) is -16.0. The van der Waals surface area contributed by atoms with Crippen molar-refractivity contribution in [2.45, 2.75) is 80.3 Å². The molecule has 2 fully saturated rings. The summed E-state index contributed by atoms with van der Waals surface area (Å²) in [6, 6.07) is 0.